The van der Waals surface area contributed by atoms with Crippen molar-refractivity contribution in [1.29, 1.82) is 0 Å². The highest BCUT2D eigenvalue weighted by molar-refractivity contribution is 5.78. The molecule has 3 rings (SSSR count). The fourth-order valence-corrected chi connectivity index (χ4v) is 2.56. The molecule has 1 atom stereocenters. The molecule has 24 heavy (non-hydrogen) atoms. The van der Waals surface area contributed by atoms with Crippen LogP contribution in [0, 0.1) is 13.8 Å². The monoisotopic (exact) mass is 327 g/mol. The normalized spacial score (nSPS) is 13.5. The van der Waals surface area contributed by atoms with Crippen LogP contribution in [0.25, 0.3) is 0 Å². The highest BCUT2D eigenvalue weighted by Gasteiger charge is 2.17. The first-order valence-electron chi connectivity index (χ1n) is 7.92. The number of ether oxygens (including phenoxy) is 3. The van der Waals surface area contributed by atoms with E-state index in [1.165, 1.54) is 0 Å². The van der Waals surface area contributed by atoms with Crippen molar-refractivity contribution in [3.8, 4) is 17.2 Å². The van der Waals surface area contributed by atoms with Crippen molar-refractivity contribution >= 4 is 5.91 Å². The fourth-order valence-electron chi connectivity index (χ4n) is 2.56. The van der Waals surface area contributed by atoms with Gasteiger partial charge in [-0.1, -0.05) is 18.2 Å². The summed E-state index contributed by atoms with van der Waals surface area (Å²) in [7, 11) is 0. The lowest BCUT2D eigenvalue weighted by atomic mass is 10.1. The van der Waals surface area contributed by atoms with E-state index in [0.717, 1.165) is 28.2 Å². The van der Waals surface area contributed by atoms with E-state index < -0.39 is 0 Å². The summed E-state index contributed by atoms with van der Waals surface area (Å²) in [5.74, 6) is 2.01. The molecule has 0 aromatic heterocycles. The quantitative estimate of drug-likeness (QED) is 0.915. The minimum absolute atomic E-state index is 0.0147. The van der Waals surface area contributed by atoms with Gasteiger partial charge in [-0.25, -0.2) is 0 Å². The molecule has 5 heteroatoms. The van der Waals surface area contributed by atoms with Crippen LogP contribution in [0.5, 0.6) is 17.2 Å². The topological polar surface area (TPSA) is 56.8 Å². The number of carbonyl (C=O) groups is 1. The molecule has 0 fully saturated rings. The van der Waals surface area contributed by atoms with E-state index in [-0.39, 0.29) is 25.3 Å². The first kappa shape index (κ1) is 16.2. The van der Waals surface area contributed by atoms with Gasteiger partial charge < -0.3 is 19.5 Å². The zero-order valence-corrected chi connectivity index (χ0v) is 14.1. The maximum absolute atomic E-state index is 12.1. The average molecular weight is 327 g/mol. The minimum Gasteiger partial charge on any atom is -0.483 e. The van der Waals surface area contributed by atoms with Gasteiger partial charge >= 0.3 is 0 Å². The number of nitrogens with one attached hydrogen (secondary N) is 1. The van der Waals surface area contributed by atoms with E-state index in [1.54, 1.807) is 0 Å². The number of hydrogen-bond donors (Lipinski definition) is 1. The molecule has 1 amide bonds. The summed E-state index contributed by atoms with van der Waals surface area (Å²) in [5, 5.41) is 2.93. The van der Waals surface area contributed by atoms with Crippen molar-refractivity contribution in [1.82, 2.24) is 5.32 Å². The Balaban J connectivity index is 1.57. The summed E-state index contributed by atoms with van der Waals surface area (Å²) in [6.45, 7) is 6.10. The van der Waals surface area contributed by atoms with Crippen LogP contribution in [0.3, 0.4) is 0 Å². The van der Waals surface area contributed by atoms with E-state index in [9.17, 15) is 4.79 Å². The lowest BCUT2D eigenvalue weighted by Gasteiger charge is -2.16. The standard InChI is InChI=1S/C19H21NO4/c1-12-4-5-13(2)17(8-12)22-10-19(21)20-14(3)15-6-7-16-18(9-15)24-11-23-16/h4-9,14H,10-11H2,1-3H3,(H,20,21). The zero-order valence-electron chi connectivity index (χ0n) is 14.1. The van der Waals surface area contributed by atoms with Crippen molar-refractivity contribution in [2.24, 2.45) is 0 Å². The molecular formula is C19H21NO4. The minimum atomic E-state index is -0.166. The molecule has 0 spiro atoms. The molecule has 1 aliphatic rings. The van der Waals surface area contributed by atoms with Crippen LogP contribution in [0.1, 0.15) is 29.7 Å². The molecule has 5 nitrogen and oxygen atoms in total. The Bertz CT molecular complexity index is 757. The van der Waals surface area contributed by atoms with Crippen LogP contribution in [-0.2, 0) is 4.79 Å². The Morgan fingerprint density at radius 1 is 1.17 bits per heavy atom. The summed E-state index contributed by atoms with van der Waals surface area (Å²) >= 11 is 0. The lowest BCUT2D eigenvalue weighted by molar-refractivity contribution is -0.123. The zero-order chi connectivity index (χ0) is 17.1. The number of carbonyl (C=O) groups excluding carboxylic acids is 1. The molecule has 126 valence electrons. The van der Waals surface area contributed by atoms with Crippen LogP contribution in [0.4, 0.5) is 0 Å². The smallest absolute Gasteiger partial charge is 0.258 e. The number of amides is 1. The van der Waals surface area contributed by atoms with Gasteiger partial charge in [0.2, 0.25) is 6.79 Å². The van der Waals surface area contributed by atoms with E-state index in [4.69, 9.17) is 14.2 Å². The summed E-state index contributed by atoms with van der Waals surface area (Å²) in [5.41, 5.74) is 3.07. The van der Waals surface area contributed by atoms with E-state index >= 15 is 0 Å². The third-order valence-electron chi connectivity index (χ3n) is 3.98. The van der Waals surface area contributed by atoms with Gasteiger partial charge in [0.15, 0.2) is 18.1 Å². The third-order valence-corrected chi connectivity index (χ3v) is 3.98. The highest BCUT2D eigenvalue weighted by Crippen LogP contribution is 2.34. The Labute approximate surface area is 141 Å². The molecular weight excluding hydrogens is 306 g/mol. The second kappa shape index (κ2) is 6.83. The Hall–Kier alpha value is -2.69. The predicted octanol–water partition coefficient (Wildman–Crippen LogP) is 3.29. The van der Waals surface area contributed by atoms with Crippen molar-refractivity contribution in [3.05, 3.63) is 53.1 Å². The molecule has 0 saturated carbocycles. The second-order valence-electron chi connectivity index (χ2n) is 5.96. The van der Waals surface area contributed by atoms with Gasteiger partial charge in [0.25, 0.3) is 5.91 Å². The highest BCUT2D eigenvalue weighted by atomic mass is 16.7. The van der Waals surface area contributed by atoms with E-state index in [2.05, 4.69) is 5.32 Å². The Kier molecular flexibility index (Phi) is 4.60. The van der Waals surface area contributed by atoms with Crippen LogP contribution >= 0.6 is 0 Å². The molecule has 0 aliphatic carbocycles. The molecule has 2 aromatic rings. The predicted molar refractivity (Wildman–Crippen MR) is 90.5 cm³/mol. The molecule has 0 radical (unpaired) electrons. The summed E-state index contributed by atoms with van der Waals surface area (Å²) in [4.78, 5) is 12.1. The van der Waals surface area contributed by atoms with Crippen molar-refractivity contribution in [3.63, 3.8) is 0 Å². The molecule has 2 aromatic carbocycles. The van der Waals surface area contributed by atoms with Crippen molar-refractivity contribution in [2.45, 2.75) is 26.8 Å². The molecule has 1 N–H and O–H groups in total. The number of rotatable bonds is 5. The van der Waals surface area contributed by atoms with Crippen LogP contribution in [0.2, 0.25) is 0 Å². The van der Waals surface area contributed by atoms with Crippen LogP contribution in [0.15, 0.2) is 36.4 Å². The summed E-state index contributed by atoms with van der Waals surface area (Å²) < 4.78 is 16.3. The Morgan fingerprint density at radius 3 is 2.79 bits per heavy atom. The van der Waals surface area contributed by atoms with Gasteiger partial charge in [-0.15, -0.1) is 0 Å². The van der Waals surface area contributed by atoms with E-state index in [0.29, 0.717) is 5.75 Å². The van der Waals surface area contributed by atoms with Gasteiger partial charge in [-0.3, -0.25) is 4.79 Å². The second-order valence-corrected chi connectivity index (χ2v) is 5.96. The Morgan fingerprint density at radius 2 is 1.96 bits per heavy atom. The van der Waals surface area contributed by atoms with Crippen LogP contribution < -0.4 is 19.5 Å². The van der Waals surface area contributed by atoms with Crippen LogP contribution in [-0.4, -0.2) is 19.3 Å². The lowest BCUT2D eigenvalue weighted by Crippen LogP contribution is -2.31. The molecule has 0 saturated heterocycles. The molecule has 0 bridgehead atoms. The van der Waals surface area contributed by atoms with Gasteiger partial charge in [0.05, 0.1) is 6.04 Å². The van der Waals surface area contributed by atoms with Crippen molar-refractivity contribution < 1.29 is 19.0 Å². The largest absolute Gasteiger partial charge is 0.483 e. The van der Waals surface area contributed by atoms with E-state index in [1.807, 2.05) is 57.2 Å². The van der Waals surface area contributed by atoms with Gasteiger partial charge in [0, 0.05) is 0 Å². The van der Waals surface area contributed by atoms with Gasteiger partial charge in [-0.05, 0) is 55.7 Å². The molecule has 1 heterocycles. The number of hydrogen-bond acceptors (Lipinski definition) is 4. The van der Waals surface area contributed by atoms with Gasteiger partial charge in [0.1, 0.15) is 5.75 Å². The summed E-state index contributed by atoms with van der Waals surface area (Å²) in [6, 6.07) is 11.5. The number of benzene rings is 2. The first-order valence-corrected chi connectivity index (χ1v) is 7.92. The van der Waals surface area contributed by atoms with Gasteiger partial charge in [-0.2, -0.15) is 0 Å². The molecule has 1 unspecified atom stereocenters. The molecule has 1 aliphatic heterocycles. The third kappa shape index (κ3) is 3.62. The SMILES string of the molecule is Cc1ccc(C)c(OCC(=O)NC(C)c2ccc3c(c2)OCO3)c1. The number of aryl methyl sites for hydroxylation is 2. The average Bonchev–Trinajstić information content (AvgIpc) is 3.03. The number of fused-ring (bicyclic) bond motifs is 1. The first-order chi connectivity index (χ1) is 11.5. The summed E-state index contributed by atoms with van der Waals surface area (Å²) in [6.07, 6.45) is 0. The maximum atomic E-state index is 12.1. The van der Waals surface area contributed by atoms with Crippen molar-refractivity contribution in [2.75, 3.05) is 13.4 Å². The maximum Gasteiger partial charge on any atom is 0.258 e. The fraction of sp³-hybridized carbons (Fsp3) is 0.316.